The first-order chi connectivity index (χ1) is 12.9. The first-order valence-electron chi connectivity index (χ1n) is 8.98. The first-order valence-corrected chi connectivity index (χ1v) is 8.98. The van der Waals surface area contributed by atoms with E-state index in [-0.39, 0.29) is 6.61 Å². The summed E-state index contributed by atoms with van der Waals surface area (Å²) in [7, 11) is 0. The number of benzene rings is 2. The summed E-state index contributed by atoms with van der Waals surface area (Å²) in [6, 6.07) is 14.4. The molecule has 6 nitrogen and oxygen atoms in total. The second kappa shape index (κ2) is 9.73. The summed E-state index contributed by atoms with van der Waals surface area (Å²) in [6.45, 7) is 5.98. The fourth-order valence-corrected chi connectivity index (χ4v) is 2.48. The van der Waals surface area contributed by atoms with E-state index in [2.05, 4.69) is 24.5 Å². The van der Waals surface area contributed by atoms with Gasteiger partial charge < -0.3 is 20.5 Å². The highest BCUT2D eigenvalue weighted by Crippen LogP contribution is 2.19. The van der Waals surface area contributed by atoms with Crippen molar-refractivity contribution >= 4 is 23.3 Å². The van der Waals surface area contributed by atoms with Crippen LogP contribution in [0.15, 0.2) is 48.5 Å². The van der Waals surface area contributed by atoms with Crippen LogP contribution >= 0.6 is 0 Å². The van der Waals surface area contributed by atoms with E-state index in [9.17, 15) is 9.59 Å². The Bertz CT molecular complexity index is 772. The summed E-state index contributed by atoms with van der Waals surface area (Å²) >= 11 is 0. The molecule has 1 amide bonds. The van der Waals surface area contributed by atoms with Gasteiger partial charge in [-0.15, -0.1) is 0 Å². The van der Waals surface area contributed by atoms with Crippen molar-refractivity contribution in [1.82, 2.24) is 0 Å². The quantitative estimate of drug-likeness (QED) is 0.620. The molecular formula is C21H26N2O4. The van der Waals surface area contributed by atoms with Crippen molar-refractivity contribution in [2.45, 2.75) is 32.8 Å². The molecule has 0 bridgehead atoms. The first kappa shape index (κ1) is 20.5. The number of hydrogen-bond donors (Lipinski definition) is 3. The van der Waals surface area contributed by atoms with Gasteiger partial charge in [-0.3, -0.25) is 4.79 Å². The summed E-state index contributed by atoms with van der Waals surface area (Å²) in [5.74, 6) is -0.593. The highest BCUT2D eigenvalue weighted by Gasteiger charge is 2.21. The number of ether oxygens (including phenoxy) is 1. The van der Waals surface area contributed by atoms with Gasteiger partial charge in [0, 0.05) is 17.9 Å². The SMILES string of the molecule is CC(C)c1ccc(NC(=O)[C@@H](C)OC(=O)c2ccccc2NCCO)cc1. The fourth-order valence-electron chi connectivity index (χ4n) is 2.48. The van der Waals surface area contributed by atoms with Gasteiger partial charge in [0.25, 0.3) is 5.91 Å². The lowest BCUT2D eigenvalue weighted by molar-refractivity contribution is -0.123. The molecule has 0 aliphatic rings. The zero-order valence-electron chi connectivity index (χ0n) is 15.9. The Morgan fingerprint density at radius 2 is 1.70 bits per heavy atom. The van der Waals surface area contributed by atoms with E-state index in [0.29, 0.717) is 29.4 Å². The standard InChI is InChI=1S/C21H26N2O4/c1-14(2)16-8-10-17(11-9-16)23-20(25)15(3)27-21(26)18-6-4-5-7-19(18)22-12-13-24/h4-11,14-15,22,24H,12-13H2,1-3H3,(H,23,25)/t15-/m1/s1. The summed E-state index contributed by atoms with van der Waals surface area (Å²) in [6.07, 6.45) is -0.951. The number of carbonyl (C=O) groups excluding carboxylic acids is 2. The Labute approximate surface area is 159 Å². The molecule has 0 unspecified atom stereocenters. The fraction of sp³-hybridized carbons (Fsp3) is 0.333. The van der Waals surface area contributed by atoms with Crippen LogP contribution < -0.4 is 10.6 Å². The third-order valence-corrected chi connectivity index (χ3v) is 4.07. The maximum absolute atomic E-state index is 12.4. The van der Waals surface area contributed by atoms with E-state index in [4.69, 9.17) is 9.84 Å². The molecule has 0 fully saturated rings. The van der Waals surface area contributed by atoms with Crippen LogP contribution in [0.3, 0.4) is 0 Å². The Balaban J connectivity index is 1.98. The van der Waals surface area contributed by atoms with Gasteiger partial charge in [0.2, 0.25) is 0 Å². The number of esters is 1. The van der Waals surface area contributed by atoms with Crippen molar-refractivity contribution < 1.29 is 19.4 Å². The molecule has 3 N–H and O–H groups in total. The minimum absolute atomic E-state index is 0.0577. The van der Waals surface area contributed by atoms with E-state index in [1.165, 1.54) is 12.5 Å². The van der Waals surface area contributed by atoms with Crippen LogP contribution in [0.1, 0.15) is 42.6 Å². The van der Waals surface area contributed by atoms with Crippen molar-refractivity contribution in [1.29, 1.82) is 0 Å². The Kier molecular flexibility index (Phi) is 7.37. The number of para-hydroxylation sites is 1. The molecular weight excluding hydrogens is 344 g/mol. The predicted molar refractivity (Wildman–Crippen MR) is 106 cm³/mol. The number of carbonyl (C=O) groups is 2. The second-order valence-electron chi connectivity index (χ2n) is 6.51. The van der Waals surface area contributed by atoms with E-state index in [0.717, 1.165) is 0 Å². The average Bonchev–Trinajstić information content (AvgIpc) is 2.66. The van der Waals surface area contributed by atoms with Gasteiger partial charge in [-0.25, -0.2) is 4.79 Å². The summed E-state index contributed by atoms with van der Waals surface area (Å²) in [5, 5.41) is 14.6. The maximum atomic E-state index is 12.4. The molecule has 2 rings (SSSR count). The lowest BCUT2D eigenvalue weighted by atomic mass is 10.0. The Hall–Kier alpha value is -2.86. The number of hydrogen-bond acceptors (Lipinski definition) is 5. The minimum atomic E-state index is -0.951. The summed E-state index contributed by atoms with van der Waals surface area (Å²) < 4.78 is 5.30. The monoisotopic (exact) mass is 370 g/mol. The third kappa shape index (κ3) is 5.82. The third-order valence-electron chi connectivity index (χ3n) is 4.07. The lowest BCUT2D eigenvalue weighted by Gasteiger charge is -2.16. The van der Waals surface area contributed by atoms with Crippen molar-refractivity contribution in [3.05, 3.63) is 59.7 Å². The zero-order chi connectivity index (χ0) is 19.8. The number of anilines is 2. The molecule has 27 heavy (non-hydrogen) atoms. The molecule has 0 radical (unpaired) electrons. The average molecular weight is 370 g/mol. The molecule has 2 aromatic carbocycles. The van der Waals surface area contributed by atoms with Crippen LogP contribution in [0.4, 0.5) is 11.4 Å². The normalized spacial score (nSPS) is 11.7. The van der Waals surface area contributed by atoms with Crippen LogP contribution in [0.5, 0.6) is 0 Å². The second-order valence-corrected chi connectivity index (χ2v) is 6.51. The van der Waals surface area contributed by atoms with Crippen molar-refractivity contribution in [2.75, 3.05) is 23.8 Å². The molecule has 0 spiro atoms. The van der Waals surface area contributed by atoms with Gasteiger partial charge in [-0.1, -0.05) is 38.1 Å². The number of aliphatic hydroxyl groups is 1. The van der Waals surface area contributed by atoms with Crippen LogP contribution in [0.2, 0.25) is 0 Å². The van der Waals surface area contributed by atoms with E-state index in [1.807, 2.05) is 24.3 Å². The Morgan fingerprint density at radius 1 is 1.04 bits per heavy atom. The molecule has 144 valence electrons. The van der Waals surface area contributed by atoms with Gasteiger partial charge in [0.1, 0.15) is 0 Å². The van der Waals surface area contributed by atoms with Gasteiger partial charge in [0.05, 0.1) is 12.2 Å². The molecule has 6 heteroatoms. The topological polar surface area (TPSA) is 87.7 Å². The molecule has 2 aromatic rings. The van der Waals surface area contributed by atoms with Crippen molar-refractivity contribution in [3.8, 4) is 0 Å². The largest absolute Gasteiger partial charge is 0.449 e. The van der Waals surface area contributed by atoms with Crippen LogP contribution in [0, 0.1) is 0 Å². The smallest absolute Gasteiger partial charge is 0.341 e. The maximum Gasteiger partial charge on any atom is 0.341 e. The molecule has 0 saturated carbocycles. The number of amides is 1. The van der Waals surface area contributed by atoms with Gasteiger partial charge >= 0.3 is 5.97 Å². The minimum Gasteiger partial charge on any atom is -0.449 e. The summed E-state index contributed by atoms with van der Waals surface area (Å²) in [5.41, 5.74) is 2.69. The zero-order valence-corrected chi connectivity index (χ0v) is 15.9. The molecule has 0 saturated heterocycles. The van der Waals surface area contributed by atoms with Gasteiger partial charge in [-0.05, 0) is 42.7 Å². The number of aliphatic hydroxyl groups excluding tert-OH is 1. The highest BCUT2D eigenvalue weighted by atomic mass is 16.5. The van der Waals surface area contributed by atoms with Gasteiger partial charge in [-0.2, -0.15) is 0 Å². The molecule has 0 heterocycles. The molecule has 0 aliphatic heterocycles. The van der Waals surface area contributed by atoms with E-state index >= 15 is 0 Å². The van der Waals surface area contributed by atoms with Crippen LogP contribution in [0.25, 0.3) is 0 Å². The van der Waals surface area contributed by atoms with Crippen molar-refractivity contribution in [3.63, 3.8) is 0 Å². The predicted octanol–water partition coefficient (Wildman–Crippen LogP) is 3.40. The molecule has 0 aromatic heterocycles. The van der Waals surface area contributed by atoms with Crippen LogP contribution in [-0.4, -0.2) is 36.2 Å². The van der Waals surface area contributed by atoms with Crippen LogP contribution in [-0.2, 0) is 9.53 Å². The van der Waals surface area contributed by atoms with E-state index < -0.39 is 18.0 Å². The summed E-state index contributed by atoms with van der Waals surface area (Å²) in [4.78, 5) is 24.7. The van der Waals surface area contributed by atoms with Crippen molar-refractivity contribution in [2.24, 2.45) is 0 Å². The number of rotatable bonds is 8. The Morgan fingerprint density at radius 3 is 2.33 bits per heavy atom. The highest BCUT2D eigenvalue weighted by molar-refractivity contribution is 5.99. The molecule has 0 aliphatic carbocycles. The van der Waals surface area contributed by atoms with Gasteiger partial charge in [0.15, 0.2) is 6.10 Å². The van der Waals surface area contributed by atoms with E-state index in [1.54, 1.807) is 24.3 Å². The molecule has 1 atom stereocenters. The lowest BCUT2D eigenvalue weighted by Crippen LogP contribution is -2.30. The number of nitrogens with one attached hydrogen (secondary N) is 2.